The molecule has 3 atom stereocenters. The summed E-state index contributed by atoms with van der Waals surface area (Å²) in [6.07, 6.45) is 4.56. The standard InChI is InChI=1S/C22H25ClN2O2/c1-15-11-12-17(20(23)24-15)21(26)25-14-13-22(27,16-7-3-2-4-8-16)18-9-5-6-10-19(18)25/h2-4,7-8,11-12,18-19,27H,5-6,9-10,13-14H2,1H3/t18-,19+,22?/m1/s1. The quantitative estimate of drug-likeness (QED) is 0.784. The predicted octanol–water partition coefficient (Wildman–Crippen LogP) is 4.34. The van der Waals surface area contributed by atoms with Crippen LogP contribution in [0.1, 0.15) is 53.7 Å². The monoisotopic (exact) mass is 384 g/mol. The molecule has 0 radical (unpaired) electrons. The number of hydrogen-bond donors (Lipinski definition) is 1. The number of carbonyl (C=O) groups is 1. The third kappa shape index (κ3) is 3.26. The molecule has 4 rings (SSSR count). The van der Waals surface area contributed by atoms with E-state index >= 15 is 0 Å². The number of benzene rings is 1. The van der Waals surface area contributed by atoms with Gasteiger partial charge in [0.15, 0.2) is 0 Å². The van der Waals surface area contributed by atoms with E-state index in [0.717, 1.165) is 36.9 Å². The molecule has 4 nitrogen and oxygen atoms in total. The molecule has 1 saturated carbocycles. The van der Waals surface area contributed by atoms with Crippen molar-refractivity contribution in [2.24, 2.45) is 5.92 Å². The average Bonchev–Trinajstić information content (AvgIpc) is 2.69. The molecule has 2 fully saturated rings. The first-order valence-electron chi connectivity index (χ1n) is 9.73. The molecule has 1 N–H and O–H groups in total. The number of hydrogen-bond acceptors (Lipinski definition) is 3. The van der Waals surface area contributed by atoms with Crippen molar-refractivity contribution in [1.29, 1.82) is 0 Å². The summed E-state index contributed by atoms with van der Waals surface area (Å²) in [5.41, 5.74) is 1.34. The summed E-state index contributed by atoms with van der Waals surface area (Å²) in [7, 11) is 0. The molecule has 1 unspecified atom stereocenters. The number of aliphatic hydroxyl groups is 1. The number of rotatable bonds is 2. The first-order chi connectivity index (χ1) is 13.0. The first-order valence-corrected chi connectivity index (χ1v) is 10.1. The van der Waals surface area contributed by atoms with E-state index < -0.39 is 5.60 Å². The van der Waals surface area contributed by atoms with Crippen LogP contribution in [0, 0.1) is 12.8 Å². The molecule has 1 aromatic carbocycles. The molecule has 1 aliphatic carbocycles. The van der Waals surface area contributed by atoms with Crippen molar-refractivity contribution in [2.75, 3.05) is 6.54 Å². The van der Waals surface area contributed by atoms with Crippen LogP contribution in [0.3, 0.4) is 0 Å². The van der Waals surface area contributed by atoms with Crippen molar-refractivity contribution in [3.05, 3.63) is 64.4 Å². The molecule has 142 valence electrons. The van der Waals surface area contributed by atoms with Crippen LogP contribution in [0.15, 0.2) is 42.5 Å². The van der Waals surface area contributed by atoms with E-state index in [9.17, 15) is 9.90 Å². The number of pyridine rings is 1. The van der Waals surface area contributed by atoms with Crippen molar-refractivity contribution in [3.8, 4) is 0 Å². The summed E-state index contributed by atoms with van der Waals surface area (Å²) in [6.45, 7) is 2.38. The van der Waals surface area contributed by atoms with Gasteiger partial charge in [-0.15, -0.1) is 0 Å². The summed E-state index contributed by atoms with van der Waals surface area (Å²) < 4.78 is 0. The molecule has 5 heteroatoms. The second-order valence-corrected chi connectivity index (χ2v) is 8.15. The fourth-order valence-electron chi connectivity index (χ4n) is 4.86. The molecule has 1 amide bonds. The molecule has 0 spiro atoms. The Morgan fingerprint density at radius 3 is 2.67 bits per heavy atom. The highest BCUT2D eigenvalue weighted by Gasteiger charge is 2.50. The highest BCUT2D eigenvalue weighted by atomic mass is 35.5. The number of aryl methyl sites for hydroxylation is 1. The molecule has 2 aliphatic rings. The van der Waals surface area contributed by atoms with Crippen LogP contribution < -0.4 is 0 Å². The van der Waals surface area contributed by atoms with E-state index in [4.69, 9.17) is 11.6 Å². The second kappa shape index (κ2) is 7.25. The minimum absolute atomic E-state index is 0.0302. The molecule has 1 saturated heterocycles. The third-order valence-corrected chi connectivity index (χ3v) is 6.52. The topological polar surface area (TPSA) is 53.4 Å². The Kier molecular flexibility index (Phi) is 4.95. The third-order valence-electron chi connectivity index (χ3n) is 6.23. The number of fused-ring (bicyclic) bond motifs is 1. The SMILES string of the molecule is Cc1ccc(C(=O)N2CCC(O)(c3ccccc3)[C@@H]3CCCC[C@@H]32)c(Cl)n1. The lowest BCUT2D eigenvalue weighted by molar-refractivity contribution is -0.110. The lowest BCUT2D eigenvalue weighted by Gasteiger charge is -2.52. The zero-order chi connectivity index (χ0) is 19.0. The number of carbonyl (C=O) groups excluding carboxylic acids is 1. The molecule has 0 bridgehead atoms. The smallest absolute Gasteiger partial charge is 0.257 e. The number of aromatic nitrogens is 1. The van der Waals surface area contributed by atoms with Crippen LogP contribution in [0.4, 0.5) is 0 Å². The Balaban J connectivity index is 1.66. The summed E-state index contributed by atoms with van der Waals surface area (Å²) >= 11 is 6.26. The maximum absolute atomic E-state index is 13.3. The summed E-state index contributed by atoms with van der Waals surface area (Å²) in [5, 5.41) is 11.9. The van der Waals surface area contributed by atoms with Gasteiger partial charge in [0.2, 0.25) is 0 Å². The number of nitrogens with zero attached hydrogens (tertiary/aromatic N) is 2. The van der Waals surface area contributed by atoms with Gasteiger partial charge in [0, 0.05) is 24.2 Å². The lowest BCUT2D eigenvalue weighted by Crippen LogP contribution is -2.59. The van der Waals surface area contributed by atoms with Gasteiger partial charge < -0.3 is 10.0 Å². The normalized spacial score (nSPS) is 27.9. The van der Waals surface area contributed by atoms with Crippen molar-refractivity contribution in [1.82, 2.24) is 9.88 Å². The summed E-state index contributed by atoms with van der Waals surface area (Å²) in [6, 6.07) is 13.5. The van der Waals surface area contributed by atoms with Gasteiger partial charge in [-0.1, -0.05) is 54.8 Å². The van der Waals surface area contributed by atoms with E-state index in [0.29, 0.717) is 18.5 Å². The average molecular weight is 385 g/mol. The summed E-state index contributed by atoms with van der Waals surface area (Å²) in [5.74, 6) is -0.0250. The van der Waals surface area contributed by atoms with Crippen molar-refractivity contribution >= 4 is 17.5 Å². The Bertz CT molecular complexity index is 841. The maximum atomic E-state index is 13.3. The summed E-state index contributed by atoms with van der Waals surface area (Å²) in [4.78, 5) is 19.4. The zero-order valence-corrected chi connectivity index (χ0v) is 16.3. The number of likely N-dealkylation sites (tertiary alicyclic amines) is 1. The Morgan fingerprint density at radius 2 is 1.93 bits per heavy atom. The molecule has 1 aromatic heterocycles. The van der Waals surface area contributed by atoms with Crippen LogP contribution >= 0.6 is 11.6 Å². The van der Waals surface area contributed by atoms with Gasteiger partial charge in [-0.2, -0.15) is 0 Å². The Morgan fingerprint density at radius 1 is 1.19 bits per heavy atom. The highest BCUT2D eigenvalue weighted by Crippen LogP contribution is 2.47. The van der Waals surface area contributed by atoms with E-state index in [1.165, 1.54) is 0 Å². The van der Waals surface area contributed by atoms with E-state index in [2.05, 4.69) is 4.98 Å². The zero-order valence-electron chi connectivity index (χ0n) is 15.6. The van der Waals surface area contributed by atoms with Gasteiger partial charge in [-0.3, -0.25) is 4.79 Å². The Hall–Kier alpha value is -1.91. The van der Waals surface area contributed by atoms with Gasteiger partial charge in [-0.05, 0) is 43.9 Å². The van der Waals surface area contributed by atoms with Crippen LogP contribution in [0.25, 0.3) is 0 Å². The van der Waals surface area contributed by atoms with Crippen LogP contribution in [-0.4, -0.2) is 33.5 Å². The molecular formula is C22H25ClN2O2. The largest absolute Gasteiger partial charge is 0.385 e. The van der Waals surface area contributed by atoms with Gasteiger partial charge in [0.05, 0.1) is 11.2 Å². The fourth-order valence-corrected chi connectivity index (χ4v) is 5.14. The van der Waals surface area contributed by atoms with Gasteiger partial charge in [0.25, 0.3) is 5.91 Å². The molecular weight excluding hydrogens is 360 g/mol. The van der Waals surface area contributed by atoms with Crippen molar-refractivity contribution in [3.63, 3.8) is 0 Å². The number of piperidine rings is 1. The van der Waals surface area contributed by atoms with Gasteiger partial charge in [-0.25, -0.2) is 4.98 Å². The van der Waals surface area contributed by atoms with E-state index in [1.54, 1.807) is 6.07 Å². The molecule has 27 heavy (non-hydrogen) atoms. The lowest BCUT2D eigenvalue weighted by atomic mass is 9.66. The van der Waals surface area contributed by atoms with Crippen molar-refractivity contribution < 1.29 is 9.90 Å². The maximum Gasteiger partial charge on any atom is 0.257 e. The minimum Gasteiger partial charge on any atom is -0.385 e. The molecule has 2 aromatic rings. The van der Waals surface area contributed by atoms with Crippen LogP contribution in [0.5, 0.6) is 0 Å². The van der Waals surface area contributed by atoms with Gasteiger partial charge in [0.1, 0.15) is 5.15 Å². The molecule has 2 heterocycles. The first kappa shape index (κ1) is 18.5. The van der Waals surface area contributed by atoms with Crippen LogP contribution in [0.2, 0.25) is 5.15 Å². The van der Waals surface area contributed by atoms with Crippen molar-refractivity contribution in [2.45, 2.75) is 50.7 Å². The van der Waals surface area contributed by atoms with Gasteiger partial charge >= 0.3 is 0 Å². The predicted molar refractivity (Wildman–Crippen MR) is 106 cm³/mol. The minimum atomic E-state index is -0.877. The van der Waals surface area contributed by atoms with E-state index in [-0.39, 0.29) is 23.0 Å². The fraction of sp³-hybridized carbons (Fsp3) is 0.455. The molecule has 1 aliphatic heterocycles. The second-order valence-electron chi connectivity index (χ2n) is 7.79. The number of halogens is 1. The van der Waals surface area contributed by atoms with Crippen LogP contribution in [-0.2, 0) is 5.60 Å². The number of amides is 1. The van der Waals surface area contributed by atoms with E-state index in [1.807, 2.05) is 48.2 Å². The highest BCUT2D eigenvalue weighted by molar-refractivity contribution is 6.32. The Labute approximate surface area is 165 Å².